The van der Waals surface area contributed by atoms with Gasteiger partial charge in [-0.3, -0.25) is 0 Å². The lowest BCUT2D eigenvalue weighted by atomic mass is 10.2. The van der Waals surface area contributed by atoms with Gasteiger partial charge in [0.2, 0.25) is 0 Å². The van der Waals surface area contributed by atoms with Gasteiger partial charge in [-0.25, -0.2) is 4.79 Å². The number of hydrogen-bond donors (Lipinski definition) is 1. The second kappa shape index (κ2) is 7.07. The van der Waals surface area contributed by atoms with Crippen molar-refractivity contribution >= 4 is 40.9 Å². The van der Waals surface area contributed by atoms with E-state index in [0.29, 0.717) is 20.7 Å². The lowest BCUT2D eigenvalue weighted by Crippen LogP contribution is -2.02. The van der Waals surface area contributed by atoms with Gasteiger partial charge in [0.1, 0.15) is 17.1 Å². The highest BCUT2D eigenvalue weighted by Gasteiger charge is 2.17. The van der Waals surface area contributed by atoms with Gasteiger partial charge >= 0.3 is 5.97 Å². The van der Waals surface area contributed by atoms with Crippen LogP contribution in [0.3, 0.4) is 0 Å². The Morgan fingerprint density at radius 2 is 2.00 bits per heavy atom. The fourth-order valence-corrected chi connectivity index (χ4v) is 2.86. The Morgan fingerprint density at radius 1 is 1.24 bits per heavy atom. The molecule has 0 amide bonds. The zero-order valence-corrected chi connectivity index (χ0v) is 13.4. The van der Waals surface area contributed by atoms with Gasteiger partial charge in [-0.1, -0.05) is 36.2 Å². The SMILES string of the molecule is CCSc1cccc(Oc2ccc(Cl)c(Cl)c2)c1C(=O)O. The predicted molar refractivity (Wildman–Crippen MR) is 86.3 cm³/mol. The number of ether oxygens (including phenoxy) is 1. The number of carbonyl (C=O) groups is 1. The first-order valence-electron chi connectivity index (χ1n) is 6.15. The van der Waals surface area contributed by atoms with Gasteiger partial charge in [-0.15, -0.1) is 11.8 Å². The number of aromatic carboxylic acids is 1. The summed E-state index contributed by atoms with van der Waals surface area (Å²) in [5.41, 5.74) is 0.149. The van der Waals surface area contributed by atoms with Crippen LogP contribution in [0.2, 0.25) is 10.0 Å². The Hall–Kier alpha value is -1.36. The maximum atomic E-state index is 11.5. The number of hydrogen-bond acceptors (Lipinski definition) is 3. The van der Waals surface area contributed by atoms with Crippen molar-refractivity contribution in [1.82, 2.24) is 0 Å². The third-order valence-corrected chi connectivity index (χ3v) is 4.30. The van der Waals surface area contributed by atoms with E-state index in [9.17, 15) is 9.90 Å². The first kappa shape index (κ1) is 16.0. The monoisotopic (exact) mass is 342 g/mol. The summed E-state index contributed by atoms with van der Waals surface area (Å²) in [6.45, 7) is 1.96. The minimum Gasteiger partial charge on any atom is -0.478 e. The molecule has 0 radical (unpaired) electrons. The van der Waals surface area contributed by atoms with E-state index < -0.39 is 5.97 Å². The minimum atomic E-state index is -1.03. The maximum Gasteiger partial charge on any atom is 0.340 e. The Morgan fingerprint density at radius 3 is 2.62 bits per heavy atom. The van der Waals surface area contributed by atoms with Crippen LogP contribution < -0.4 is 4.74 Å². The van der Waals surface area contributed by atoms with Crippen LogP contribution in [0.1, 0.15) is 17.3 Å². The molecular weight excluding hydrogens is 331 g/mol. The van der Waals surface area contributed by atoms with E-state index in [0.717, 1.165) is 5.75 Å². The molecule has 0 atom stereocenters. The van der Waals surface area contributed by atoms with Crippen LogP contribution in [0.4, 0.5) is 0 Å². The third kappa shape index (κ3) is 3.84. The van der Waals surface area contributed by atoms with E-state index in [4.69, 9.17) is 27.9 Å². The quantitative estimate of drug-likeness (QED) is 0.718. The molecule has 3 nitrogen and oxygen atoms in total. The largest absolute Gasteiger partial charge is 0.478 e. The highest BCUT2D eigenvalue weighted by atomic mass is 35.5. The molecule has 2 rings (SSSR count). The molecule has 0 aromatic heterocycles. The van der Waals surface area contributed by atoms with Crippen LogP contribution in [0.25, 0.3) is 0 Å². The molecule has 0 unspecified atom stereocenters. The summed E-state index contributed by atoms with van der Waals surface area (Å²) in [7, 11) is 0. The van der Waals surface area contributed by atoms with Crippen LogP contribution in [-0.4, -0.2) is 16.8 Å². The number of carboxylic acid groups (broad SMARTS) is 1. The van der Waals surface area contributed by atoms with Crippen LogP contribution in [0.15, 0.2) is 41.3 Å². The van der Waals surface area contributed by atoms with Crippen LogP contribution in [0.5, 0.6) is 11.5 Å². The van der Waals surface area contributed by atoms with Crippen molar-refractivity contribution in [3.8, 4) is 11.5 Å². The first-order valence-corrected chi connectivity index (χ1v) is 7.89. The zero-order chi connectivity index (χ0) is 15.4. The normalized spacial score (nSPS) is 10.4. The zero-order valence-electron chi connectivity index (χ0n) is 11.1. The second-order valence-corrected chi connectivity index (χ2v) is 6.17. The lowest BCUT2D eigenvalue weighted by Gasteiger charge is -2.12. The summed E-state index contributed by atoms with van der Waals surface area (Å²) < 4.78 is 5.66. The summed E-state index contributed by atoms with van der Waals surface area (Å²) in [4.78, 5) is 12.2. The molecule has 0 heterocycles. The van der Waals surface area contributed by atoms with Gasteiger partial charge in [0.05, 0.1) is 10.0 Å². The van der Waals surface area contributed by atoms with Crippen molar-refractivity contribution in [3.05, 3.63) is 52.0 Å². The lowest BCUT2D eigenvalue weighted by molar-refractivity contribution is 0.0690. The molecule has 6 heteroatoms. The summed E-state index contributed by atoms with van der Waals surface area (Å²) in [5.74, 6) is 0.461. The van der Waals surface area contributed by atoms with Gasteiger partial charge in [-0.2, -0.15) is 0 Å². The molecule has 0 fully saturated rings. The maximum absolute atomic E-state index is 11.5. The molecule has 0 saturated carbocycles. The fraction of sp³-hybridized carbons (Fsp3) is 0.133. The minimum absolute atomic E-state index is 0.149. The number of benzene rings is 2. The van der Waals surface area contributed by atoms with Gasteiger partial charge < -0.3 is 9.84 Å². The van der Waals surface area contributed by atoms with E-state index in [1.54, 1.807) is 36.4 Å². The molecule has 1 N–H and O–H groups in total. The van der Waals surface area contributed by atoms with Crippen LogP contribution in [-0.2, 0) is 0 Å². The van der Waals surface area contributed by atoms with Gasteiger partial charge in [-0.05, 0) is 30.0 Å². The molecule has 0 aliphatic rings. The van der Waals surface area contributed by atoms with Gasteiger partial charge in [0.15, 0.2) is 0 Å². The predicted octanol–water partition coefficient (Wildman–Crippen LogP) is 5.60. The molecular formula is C15H12Cl2O3S. The van der Waals surface area contributed by atoms with Gasteiger partial charge in [0.25, 0.3) is 0 Å². The van der Waals surface area contributed by atoms with Gasteiger partial charge in [0, 0.05) is 11.0 Å². The number of carboxylic acids is 1. The van der Waals surface area contributed by atoms with Crippen molar-refractivity contribution in [3.63, 3.8) is 0 Å². The van der Waals surface area contributed by atoms with E-state index in [-0.39, 0.29) is 11.3 Å². The number of halogens is 2. The standard InChI is InChI=1S/C15H12Cl2O3S/c1-2-21-13-5-3-4-12(14(13)15(18)19)20-9-6-7-10(16)11(17)8-9/h3-8H,2H2,1H3,(H,18,19). The van der Waals surface area contributed by atoms with Crippen molar-refractivity contribution in [2.75, 3.05) is 5.75 Å². The Balaban J connectivity index is 2.41. The number of thioether (sulfide) groups is 1. The molecule has 0 bridgehead atoms. The summed E-state index contributed by atoms with van der Waals surface area (Å²) in [6.07, 6.45) is 0. The topological polar surface area (TPSA) is 46.5 Å². The Labute approximate surface area is 136 Å². The van der Waals surface area contributed by atoms with Crippen LogP contribution >= 0.6 is 35.0 Å². The average Bonchev–Trinajstić information content (AvgIpc) is 2.43. The smallest absolute Gasteiger partial charge is 0.340 e. The van der Waals surface area contributed by atoms with Crippen molar-refractivity contribution in [2.45, 2.75) is 11.8 Å². The second-order valence-electron chi connectivity index (χ2n) is 4.05. The van der Waals surface area contributed by atoms with E-state index in [2.05, 4.69) is 0 Å². The molecule has 0 spiro atoms. The van der Waals surface area contributed by atoms with Crippen LogP contribution in [0, 0.1) is 0 Å². The molecule has 2 aromatic rings. The highest BCUT2D eigenvalue weighted by Crippen LogP contribution is 2.34. The molecule has 0 saturated heterocycles. The van der Waals surface area contributed by atoms with Crippen molar-refractivity contribution < 1.29 is 14.6 Å². The number of rotatable bonds is 5. The van der Waals surface area contributed by atoms with E-state index >= 15 is 0 Å². The third-order valence-electron chi connectivity index (χ3n) is 2.62. The summed E-state index contributed by atoms with van der Waals surface area (Å²) in [6, 6.07) is 9.93. The molecule has 0 aliphatic carbocycles. The molecule has 21 heavy (non-hydrogen) atoms. The summed E-state index contributed by atoms with van der Waals surface area (Å²) >= 11 is 13.2. The van der Waals surface area contributed by atoms with E-state index in [1.807, 2.05) is 6.92 Å². The fourth-order valence-electron chi connectivity index (χ4n) is 1.75. The van der Waals surface area contributed by atoms with E-state index in [1.165, 1.54) is 11.8 Å². The summed E-state index contributed by atoms with van der Waals surface area (Å²) in [5, 5.41) is 10.2. The van der Waals surface area contributed by atoms with Crippen molar-refractivity contribution in [1.29, 1.82) is 0 Å². The highest BCUT2D eigenvalue weighted by molar-refractivity contribution is 7.99. The Kier molecular flexibility index (Phi) is 5.39. The average molecular weight is 343 g/mol. The van der Waals surface area contributed by atoms with Crippen molar-refractivity contribution in [2.24, 2.45) is 0 Å². The molecule has 110 valence electrons. The molecule has 2 aromatic carbocycles. The first-order chi connectivity index (χ1) is 10.0. The Bertz CT molecular complexity index is 674. The molecule has 0 aliphatic heterocycles.